The molecule has 0 spiro atoms. The first-order chi connectivity index (χ1) is 8.66. The van der Waals surface area contributed by atoms with E-state index in [-0.39, 0.29) is 11.5 Å². The predicted octanol–water partition coefficient (Wildman–Crippen LogP) is 1.27. The Morgan fingerprint density at radius 3 is 2.28 bits per heavy atom. The van der Waals surface area contributed by atoms with Gasteiger partial charge in [-0.05, 0) is 12.1 Å². The summed E-state index contributed by atoms with van der Waals surface area (Å²) in [5.41, 5.74) is 0.999. The number of hydrogen-bond donors (Lipinski definition) is 2. The van der Waals surface area contributed by atoms with Gasteiger partial charge in [-0.3, -0.25) is 4.79 Å². The molecule has 0 heterocycles. The number of benzene rings is 2. The Kier molecular flexibility index (Phi) is 3.77. The molecule has 4 nitrogen and oxygen atoms in total. The van der Waals surface area contributed by atoms with Gasteiger partial charge >= 0.3 is 7.32 Å². The van der Waals surface area contributed by atoms with Crippen molar-refractivity contribution in [3.8, 4) is 5.75 Å². The van der Waals surface area contributed by atoms with Crippen LogP contribution in [0.4, 0.5) is 0 Å². The molecule has 2 N–H and O–H groups in total. The molecule has 0 atom stereocenters. The molecule has 0 amide bonds. The highest BCUT2D eigenvalue weighted by Crippen LogP contribution is 2.16. The third-order valence-electron chi connectivity index (χ3n) is 2.37. The fraction of sp³-hybridized carbons (Fsp3) is 0. The first-order valence-electron chi connectivity index (χ1n) is 5.39. The molecule has 2 rings (SSSR count). The summed E-state index contributed by atoms with van der Waals surface area (Å²) in [6.07, 6.45) is 0. The fourth-order valence-electron chi connectivity index (χ4n) is 1.59. The molecule has 0 aromatic heterocycles. The van der Waals surface area contributed by atoms with Crippen molar-refractivity contribution in [1.29, 1.82) is 0 Å². The van der Waals surface area contributed by atoms with Crippen molar-refractivity contribution < 1.29 is 19.5 Å². The third-order valence-corrected chi connectivity index (χ3v) is 2.37. The van der Waals surface area contributed by atoms with E-state index in [0.717, 1.165) is 0 Å². The second kappa shape index (κ2) is 5.49. The lowest BCUT2D eigenvalue weighted by Gasteiger charge is -2.06. The number of ketones is 1. The second-order valence-electron chi connectivity index (χ2n) is 3.67. The zero-order chi connectivity index (χ0) is 13.0. The number of carbonyl (C=O) groups excluding carboxylic acids is 1. The van der Waals surface area contributed by atoms with Gasteiger partial charge < -0.3 is 14.7 Å². The summed E-state index contributed by atoms with van der Waals surface area (Å²) >= 11 is 0. The van der Waals surface area contributed by atoms with Gasteiger partial charge in [0.1, 0.15) is 5.75 Å². The smallest absolute Gasteiger partial charge is 0.512 e. The molecule has 18 heavy (non-hydrogen) atoms. The minimum Gasteiger partial charge on any atom is -0.512 e. The highest BCUT2D eigenvalue weighted by atomic mass is 16.6. The van der Waals surface area contributed by atoms with Crippen LogP contribution < -0.4 is 4.65 Å². The van der Waals surface area contributed by atoms with Crippen molar-refractivity contribution in [2.75, 3.05) is 0 Å². The van der Waals surface area contributed by atoms with Gasteiger partial charge in [0, 0.05) is 11.1 Å². The van der Waals surface area contributed by atoms with Crippen LogP contribution in [0.1, 0.15) is 15.9 Å². The van der Waals surface area contributed by atoms with Crippen LogP contribution in [0.3, 0.4) is 0 Å². The lowest BCUT2D eigenvalue weighted by molar-refractivity contribution is 0.103. The average molecular weight is 242 g/mol. The molecule has 0 fully saturated rings. The molecule has 0 aliphatic rings. The number of carbonyl (C=O) groups is 1. The van der Waals surface area contributed by atoms with E-state index in [1.807, 2.05) is 6.07 Å². The quantitative estimate of drug-likeness (QED) is 0.625. The summed E-state index contributed by atoms with van der Waals surface area (Å²) in [5.74, 6) is 0.0836. The van der Waals surface area contributed by atoms with Crippen LogP contribution in [0.5, 0.6) is 5.75 Å². The summed E-state index contributed by atoms with van der Waals surface area (Å²) in [6, 6.07) is 15.1. The van der Waals surface area contributed by atoms with Gasteiger partial charge in [-0.1, -0.05) is 42.5 Å². The number of hydrogen-bond acceptors (Lipinski definition) is 4. The van der Waals surface area contributed by atoms with Gasteiger partial charge in [-0.2, -0.15) is 0 Å². The summed E-state index contributed by atoms with van der Waals surface area (Å²) < 4.78 is 4.70. The Hall–Kier alpha value is -2.11. The Bertz CT molecular complexity index is 540. The molecule has 0 saturated carbocycles. The first-order valence-corrected chi connectivity index (χ1v) is 5.39. The highest BCUT2D eigenvalue weighted by molar-refractivity contribution is 6.33. The van der Waals surface area contributed by atoms with Crippen LogP contribution in [0.2, 0.25) is 0 Å². The van der Waals surface area contributed by atoms with E-state index < -0.39 is 7.32 Å². The lowest BCUT2D eigenvalue weighted by atomic mass is 10.0. The number of rotatable bonds is 4. The molecular formula is C13H11BO4. The van der Waals surface area contributed by atoms with Crippen LogP contribution in [0, 0.1) is 0 Å². The van der Waals surface area contributed by atoms with Gasteiger partial charge in [0.15, 0.2) is 5.78 Å². The lowest BCUT2D eigenvalue weighted by Crippen LogP contribution is -2.20. The van der Waals surface area contributed by atoms with E-state index in [9.17, 15) is 4.79 Å². The molecule has 90 valence electrons. The molecular weight excluding hydrogens is 231 g/mol. The topological polar surface area (TPSA) is 66.8 Å². The minimum absolute atomic E-state index is 0.145. The van der Waals surface area contributed by atoms with Crippen LogP contribution in [-0.4, -0.2) is 23.2 Å². The summed E-state index contributed by atoms with van der Waals surface area (Å²) in [4.78, 5) is 12.1. The molecule has 0 radical (unpaired) electrons. The SMILES string of the molecule is O=C(c1ccccc1)c1cccc(OB(O)O)c1. The standard InChI is InChI=1S/C13H11BO4/c15-13(10-5-2-1-3-6-10)11-7-4-8-12(9-11)18-14(16)17/h1-9,16-17H. The van der Waals surface area contributed by atoms with Crippen LogP contribution in [0.25, 0.3) is 0 Å². The van der Waals surface area contributed by atoms with Crippen molar-refractivity contribution in [2.45, 2.75) is 0 Å². The molecule has 0 unspecified atom stereocenters. The van der Waals surface area contributed by atoms with E-state index in [2.05, 4.69) is 0 Å². The van der Waals surface area contributed by atoms with Crippen LogP contribution >= 0.6 is 0 Å². The maximum Gasteiger partial charge on any atom is 0.707 e. The van der Waals surface area contributed by atoms with Gasteiger partial charge in [0.2, 0.25) is 0 Å². The second-order valence-corrected chi connectivity index (χ2v) is 3.67. The van der Waals surface area contributed by atoms with Crippen LogP contribution in [0.15, 0.2) is 54.6 Å². The molecule has 2 aromatic rings. The molecule has 0 aliphatic carbocycles. The van der Waals surface area contributed by atoms with Crippen molar-refractivity contribution >= 4 is 13.1 Å². The molecule has 0 saturated heterocycles. The van der Waals surface area contributed by atoms with Gasteiger partial charge in [-0.25, -0.2) is 0 Å². The van der Waals surface area contributed by atoms with E-state index in [1.54, 1.807) is 42.5 Å². The third kappa shape index (κ3) is 2.97. The van der Waals surface area contributed by atoms with Crippen molar-refractivity contribution in [2.24, 2.45) is 0 Å². The van der Waals surface area contributed by atoms with Crippen molar-refractivity contribution in [3.05, 3.63) is 65.7 Å². The molecule has 0 bridgehead atoms. The zero-order valence-corrected chi connectivity index (χ0v) is 9.48. The Balaban J connectivity index is 2.26. The summed E-state index contributed by atoms with van der Waals surface area (Å²) in [6.45, 7) is 0. The fourth-order valence-corrected chi connectivity index (χ4v) is 1.59. The highest BCUT2D eigenvalue weighted by Gasteiger charge is 2.13. The van der Waals surface area contributed by atoms with Gasteiger partial charge in [0.05, 0.1) is 0 Å². The molecule has 5 heteroatoms. The Morgan fingerprint density at radius 2 is 1.61 bits per heavy atom. The summed E-state index contributed by atoms with van der Waals surface area (Å²) in [7, 11) is -1.90. The normalized spacial score (nSPS) is 9.89. The van der Waals surface area contributed by atoms with Gasteiger partial charge in [-0.15, -0.1) is 0 Å². The Morgan fingerprint density at radius 1 is 0.944 bits per heavy atom. The Labute approximate surface area is 105 Å². The monoisotopic (exact) mass is 242 g/mol. The molecule has 2 aromatic carbocycles. The van der Waals surface area contributed by atoms with E-state index >= 15 is 0 Å². The summed E-state index contributed by atoms with van der Waals surface area (Å²) in [5, 5.41) is 17.4. The zero-order valence-electron chi connectivity index (χ0n) is 9.48. The molecule has 0 aliphatic heterocycles. The predicted molar refractivity (Wildman–Crippen MR) is 67.1 cm³/mol. The average Bonchev–Trinajstić information content (AvgIpc) is 2.38. The van der Waals surface area contributed by atoms with Crippen molar-refractivity contribution in [1.82, 2.24) is 0 Å². The van der Waals surface area contributed by atoms with Gasteiger partial charge in [0.25, 0.3) is 0 Å². The largest absolute Gasteiger partial charge is 0.707 e. The van der Waals surface area contributed by atoms with Crippen molar-refractivity contribution in [3.63, 3.8) is 0 Å². The minimum atomic E-state index is -1.90. The maximum absolute atomic E-state index is 12.1. The van der Waals surface area contributed by atoms with E-state index in [0.29, 0.717) is 11.1 Å². The maximum atomic E-state index is 12.1. The van der Waals surface area contributed by atoms with E-state index in [4.69, 9.17) is 14.7 Å². The first kappa shape index (κ1) is 12.4. The van der Waals surface area contributed by atoms with Crippen LogP contribution in [-0.2, 0) is 0 Å². The van der Waals surface area contributed by atoms with E-state index in [1.165, 1.54) is 6.07 Å².